The first-order valence-corrected chi connectivity index (χ1v) is 3.22. The quantitative estimate of drug-likeness (QED) is 0.612. The summed E-state index contributed by atoms with van der Waals surface area (Å²) in [7, 11) is 1.14. The first-order chi connectivity index (χ1) is 4.89. The molecule has 5 heteroatoms. The van der Waals surface area contributed by atoms with E-state index in [-0.39, 0.29) is 6.54 Å². The Hall–Kier alpha value is -0.740. The predicted molar refractivity (Wildman–Crippen MR) is 34.0 cm³/mol. The van der Waals surface area contributed by atoms with Crippen LogP contribution in [0.4, 0.5) is 13.2 Å². The van der Waals surface area contributed by atoms with Crippen molar-refractivity contribution in [3.63, 3.8) is 0 Å². The molecule has 0 aliphatic carbocycles. The molecule has 0 spiro atoms. The van der Waals surface area contributed by atoms with Crippen molar-refractivity contribution in [3.05, 3.63) is 0 Å². The Morgan fingerprint density at radius 1 is 1.45 bits per heavy atom. The number of amides is 1. The number of carbonyl (C=O) groups excluding carboxylic acids is 1. The Balaban J connectivity index is 4.03. The van der Waals surface area contributed by atoms with E-state index in [0.29, 0.717) is 11.3 Å². The zero-order chi connectivity index (χ0) is 9.07. The van der Waals surface area contributed by atoms with Crippen molar-refractivity contribution in [3.8, 4) is 0 Å². The fourth-order valence-electron chi connectivity index (χ4n) is 0.653. The van der Waals surface area contributed by atoms with Gasteiger partial charge < -0.3 is 4.90 Å². The largest absolute Gasteiger partial charge is 0.471 e. The molecule has 0 heterocycles. The van der Waals surface area contributed by atoms with Crippen molar-refractivity contribution < 1.29 is 18.0 Å². The Labute approximate surface area is 63.0 Å². The van der Waals surface area contributed by atoms with Crippen LogP contribution in [0.3, 0.4) is 0 Å². The van der Waals surface area contributed by atoms with Crippen molar-refractivity contribution in [2.24, 2.45) is 0 Å². The monoisotopic (exact) mass is 169 g/mol. The molecule has 0 N–H and O–H groups in total. The highest BCUT2D eigenvalue weighted by Gasteiger charge is 2.40. The van der Waals surface area contributed by atoms with Crippen LogP contribution >= 0.6 is 0 Å². The highest BCUT2D eigenvalue weighted by molar-refractivity contribution is 5.81. The summed E-state index contributed by atoms with van der Waals surface area (Å²) in [5.74, 6) is -1.78. The molecule has 11 heavy (non-hydrogen) atoms. The summed E-state index contributed by atoms with van der Waals surface area (Å²) in [6, 6.07) is 0. The van der Waals surface area contributed by atoms with E-state index in [1.807, 2.05) is 0 Å². The number of carbonyl (C=O) groups is 1. The number of alkyl halides is 3. The van der Waals surface area contributed by atoms with Crippen molar-refractivity contribution in [2.45, 2.75) is 19.5 Å². The summed E-state index contributed by atoms with van der Waals surface area (Å²) in [6.45, 7) is 1.85. The van der Waals surface area contributed by atoms with Gasteiger partial charge in [0.05, 0.1) is 0 Å². The van der Waals surface area contributed by atoms with Gasteiger partial charge in [0.1, 0.15) is 0 Å². The summed E-state index contributed by atoms with van der Waals surface area (Å²) in [4.78, 5) is 11.0. The molecule has 0 aromatic rings. The molecule has 0 saturated carbocycles. The summed E-state index contributed by atoms with van der Waals surface area (Å²) in [5, 5.41) is 0. The molecule has 0 aliphatic heterocycles. The molecule has 1 amide bonds. The van der Waals surface area contributed by atoms with E-state index in [1.54, 1.807) is 6.92 Å². The average Bonchev–Trinajstić information content (AvgIpc) is 1.85. The smallest absolute Gasteiger partial charge is 0.338 e. The van der Waals surface area contributed by atoms with Gasteiger partial charge in [-0.3, -0.25) is 4.79 Å². The van der Waals surface area contributed by atoms with Crippen LogP contribution in [0.1, 0.15) is 13.3 Å². The van der Waals surface area contributed by atoms with E-state index in [0.717, 1.165) is 7.05 Å². The van der Waals surface area contributed by atoms with Gasteiger partial charge in [-0.2, -0.15) is 13.2 Å². The first kappa shape index (κ1) is 10.3. The van der Waals surface area contributed by atoms with E-state index in [9.17, 15) is 18.0 Å². The van der Waals surface area contributed by atoms with E-state index in [2.05, 4.69) is 0 Å². The minimum Gasteiger partial charge on any atom is -0.338 e. The van der Waals surface area contributed by atoms with Gasteiger partial charge in [0, 0.05) is 13.6 Å². The summed E-state index contributed by atoms with van der Waals surface area (Å²) < 4.78 is 34.9. The molecule has 0 aromatic heterocycles. The predicted octanol–water partition coefficient (Wildman–Crippen LogP) is 1.42. The molecule has 66 valence electrons. The maximum atomic E-state index is 11.6. The van der Waals surface area contributed by atoms with Crippen molar-refractivity contribution in [2.75, 3.05) is 13.6 Å². The number of hydrogen-bond donors (Lipinski definition) is 0. The van der Waals surface area contributed by atoms with Gasteiger partial charge >= 0.3 is 12.1 Å². The van der Waals surface area contributed by atoms with E-state index in [1.165, 1.54) is 0 Å². The molecular formula is C6H10F3NO. The van der Waals surface area contributed by atoms with Gasteiger partial charge in [-0.15, -0.1) is 0 Å². The lowest BCUT2D eigenvalue weighted by Crippen LogP contribution is -2.38. The Morgan fingerprint density at radius 3 is 2.18 bits per heavy atom. The highest BCUT2D eigenvalue weighted by Crippen LogP contribution is 2.17. The average molecular weight is 169 g/mol. The van der Waals surface area contributed by atoms with E-state index in [4.69, 9.17) is 0 Å². The third kappa shape index (κ3) is 3.25. The van der Waals surface area contributed by atoms with Crippen LogP contribution in [0, 0.1) is 0 Å². The number of rotatable bonds is 2. The zero-order valence-corrected chi connectivity index (χ0v) is 6.40. The topological polar surface area (TPSA) is 20.3 Å². The second-order valence-electron chi connectivity index (χ2n) is 2.22. The van der Waals surface area contributed by atoms with Crippen LogP contribution in [0.5, 0.6) is 0 Å². The lowest BCUT2D eigenvalue weighted by molar-refractivity contribution is -0.184. The zero-order valence-electron chi connectivity index (χ0n) is 6.40. The van der Waals surface area contributed by atoms with E-state index >= 15 is 0 Å². The molecular weight excluding hydrogens is 159 g/mol. The summed E-state index contributed by atoms with van der Waals surface area (Å²) in [5.41, 5.74) is 0. The van der Waals surface area contributed by atoms with E-state index < -0.39 is 12.1 Å². The molecule has 0 rings (SSSR count). The Kier molecular flexibility index (Phi) is 3.35. The van der Waals surface area contributed by atoms with Crippen LogP contribution in [0.25, 0.3) is 0 Å². The molecule has 0 atom stereocenters. The van der Waals surface area contributed by atoms with Crippen LogP contribution in [-0.2, 0) is 4.79 Å². The molecule has 0 saturated heterocycles. The van der Waals surface area contributed by atoms with Crippen LogP contribution < -0.4 is 0 Å². The third-order valence-electron chi connectivity index (χ3n) is 1.15. The van der Waals surface area contributed by atoms with Crippen LogP contribution in [-0.4, -0.2) is 30.6 Å². The Bertz CT molecular complexity index is 143. The Morgan fingerprint density at radius 2 is 1.91 bits per heavy atom. The minimum absolute atomic E-state index is 0.137. The fraction of sp³-hybridized carbons (Fsp3) is 0.833. The van der Waals surface area contributed by atoms with Gasteiger partial charge in [-0.25, -0.2) is 0 Å². The van der Waals surface area contributed by atoms with Crippen LogP contribution in [0.15, 0.2) is 0 Å². The van der Waals surface area contributed by atoms with Crippen molar-refractivity contribution >= 4 is 5.91 Å². The summed E-state index contributed by atoms with van der Waals surface area (Å²) in [6.07, 6.45) is -4.21. The highest BCUT2D eigenvalue weighted by atomic mass is 19.4. The fourth-order valence-corrected chi connectivity index (χ4v) is 0.653. The summed E-state index contributed by atoms with van der Waals surface area (Å²) >= 11 is 0. The second-order valence-corrected chi connectivity index (χ2v) is 2.22. The number of hydrogen-bond acceptors (Lipinski definition) is 1. The maximum absolute atomic E-state index is 11.6. The van der Waals surface area contributed by atoms with Gasteiger partial charge in [-0.1, -0.05) is 6.92 Å². The maximum Gasteiger partial charge on any atom is 0.471 e. The second kappa shape index (κ2) is 3.59. The van der Waals surface area contributed by atoms with Gasteiger partial charge in [0.25, 0.3) is 0 Å². The standard InChI is InChI=1S/C6H10F3NO/c1-3-4-10(2)5(11)6(7,8)9/h3-4H2,1-2H3. The van der Waals surface area contributed by atoms with Crippen molar-refractivity contribution in [1.82, 2.24) is 4.90 Å². The SMILES string of the molecule is CCCN(C)C(=O)C(F)(F)F. The third-order valence-corrected chi connectivity index (χ3v) is 1.15. The van der Waals surface area contributed by atoms with Gasteiger partial charge in [0.15, 0.2) is 0 Å². The molecule has 0 radical (unpaired) electrons. The minimum atomic E-state index is -4.73. The van der Waals surface area contributed by atoms with Gasteiger partial charge in [-0.05, 0) is 6.42 Å². The first-order valence-electron chi connectivity index (χ1n) is 3.22. The van der Waals surface area contributed by atoms with Crippen LogP contribution in [0.2, 0.25) is 0 Å². The van der Waals surface area contributed by atoms with Crippen molar-refractivity contribution in [1.29, 1.82) is 0 Å². The molecule has 2 nitrogen and oxygen atoms in total. The lowest BCUT2D eigenvalue weighted by atomic mass is 10.4. The lowest BCUT2D eigenvalue weighted by Gasteiger charge is -2.17. The number of halogens is 3. The molecule has 0 unspecified atom stereocenters. The number of nitrogens with zero attached hydrogens (tertiary/aromatic N) is 1. The molecule has 0 bridgehead atoms. The molecule has 0 aromatic carbocycles. The van der Waals surface area contributed by atoms with Gasteiger partial charge in [0.2, 0.25) is 0 Å². The molecule has 0 aliphatic rings. The normalized spacial score (nSPS) is 11.4. The molecule has 0 fully saturated rings.